The molecule has 1 saturated heterocycles. The number of hydrogen-bond acceptors (Lipinski definition) is 6. The van der Waals surface area contributed by atoms with Crippen LogP contribution < -0.4 is 15.1 Å². The molecule has 1 saturated carbocycles. The molecule has 3 heterocycles. The molecule has 3 aromatic rings. The fourth-order valence-electron chi connectivity index (χ4n) is 5.03. The predicted molar refractivity (Wildman–Crippen MR) is 139 cm³/mol. The minimum Gasteiger partial charge on any atom is -0.378 e. The minimum absolute atomic E-state index is 0.410. The normalized spacial score (nSPS) is 20.2. The lowest BCUT2D eigenvalue weighted by Crippen LogP contribution is -2.46. The molecule has 176 valence electrons. The predicted octanol–water partition coefficient (Wildman–Crippen LogP) is 3.69. The number of hydrogen-bond donors (Lipinski definition) is 1. The van der Waals surface area contributed by atoms with Crippen molar-refractivity contribution in [3.8, 4) is 6.07 Å². The van der Waals surface area contributed by atoms with E-state index in [1.807, 2.05) is 32.2 Å². The zero-order chi connectivity index (χ0) is 23.8. The van der Waals surface area contributed by atoms with Crippen molar-refractivity contribution in [2.75, 3.05) is 57.1 Å². The number of pyridine rings is 1. The average molecular weight is 456 g/mol. The summed E-state index contributed by atoms with van der Waals surface area (Å²) in [5.41, 5.74) is 5.07. The summed E-state index contributed by atoms with van der Waals surface area (Å²) in [6.07, 6.45) is 4.15. The monoisotopic (exact) mass is 455 g/mol. The summed E-state index contributed by atoms with van der Waals surface area (Å²) in [5.74, 6) is 0.998. The van der Waals surface area contributed by atoms with Gasteiger partial charge in [-0.15, -0.1) is 0 Å². The fourth-order valence-corrected chi connectivity index (χ4v) is 5.03. The summed E-state index contributed by atoms with van der Waals surface area (Å²) in [5, 5.41) is 13.9. The molecule has 0 bridgehead atoms. The fraction of sp³-hybridized carbons (Fsp3) is 0.407. The molecule has 1 aromatic carbocycles. The van der Waals surface area contributed by atoms with Crippen molar-refractivity contribution < 1.29 is 0 Å². The highest BCUT2D eigenvalue weighted by Gasteiger charge is 2.31. The first kappa shape index (κ1) is 22.3. The van der Waals surface area contributed by atoms with Crippen LogP contribution in [0.1, 0.15) is 30.0 Å². The Morgan fingerprint density at radius 1 is 1.06 bits per heavy atom. The third kappa shape index (κ3) is 3.99. The van der Waals surface area contributed by atoms with Crippen LogP contribution in [-0.4, -0.2) is 67.8 Å². The van der Waals surface area contributed by atoms with Crippen molar-refractivity contribution in [1.82, 2.24) is 19.8 Å². The molecule has 1 aliphatic heterocycles. The highest BCUT2D eigenvalue weighted by molar-refractivity contribution is 5.85. The van der Waals surface area contributed by atoms with Gasteiger partial charge in [-0.3, -0.25) is 0 Å². The number of piperazine rings is 1. The lowest BCUT2D eigenvalue weighted by Gasteiger charge is -2.37. The maximum absolute atomic E-state index is 9.62. The molecular formula is C27H33N7. The van der Waals surface area contributed by atoms with E-state index in [0.717, 1.165) is 67.1 Å². The summed E-state index contributed by atoms with van der Waals surface area (Å²) in [6.45, 7) is 7.88. The van der Waals surface area contributed by atoms with Gasteiger partial charge in [0, 0.05) is 75.3 Å². The maximum atomic E-state index is 9.62. The Hall–Kier alpha value is -3.50. The van der Waals surface area contributed by atoms with Crippen LogP contribution in [0.2, 0.25) is 0 Å². The van der Waals surface area contributed by atoms with Gasteiger partial charge in [-0.1, -0.05) is 18.7 Å². The number of benzene rings is 1. The molecule has 2 aliphatic rings. The first-order valence-electron chi connectivity index (χ1n) is 12.0. The number of nitriles is 1. The smallest absolute Gasteiger partial charge is 0.143 e. The SMILES string of the molecule is C=C(c1ccc(N2CCN(c3ccc4c(C#N)cn(C5CC(NC)C5)c4n3)CC2)cc1)N(C)C. The molecule has 0 atom stereocenters. The van der Waals surface area contributed by atoms with Crippen LogP contribution in [0.15, 0.2) is 49.2 Å². The van der Waals surface area contributed by atoms with Gasteiger partial charge >= 0.3 is 0 Å². The molecule has 0 radical (unpaired) electrons. The molecule has 1 N–H and O–H groups in total. The van der Waals surface area contributed by atoms with Gasteiger partial charge in [-0.2, -0.15) is 5.26 Å². The van der Waals surface area contributed by atoms with Gasteiger partial charge in [0.05, 0.1) is 5.56 Å². The molecule has 1 aliphatic carbocycles. The second-order valence-electron chi connectivity index (χ2n) is 9.58. The van der Waals surface area contributed by atoms with Crippen LogP contribution in [0.3, 0.4) is 0 Å². The topological polar surface area (TPSA) is 63.4 Å². The maximum Gasteiger partial charge on any atom is 0.143 e. The van der Waals surface area contributed by atoms with E-state index in [1.54, 1.807) is 0 Å². The van der Waals surface area contributed by atoms with E-state index in [0.29, 0.717) is 17.6 Å². The first-order valence-corrected chi connectivity index (χ1v) is 12.0. The Kier molecular flexibility index (Phi) is 5.93. The molecule has 5 rings (SSSR count). The lowest BCUT2D eigenvalue weighted by atomic mass is 9.87. The van der Waals surface area contributed by atoms with E-state index in [9.17, 15) is 5.26 Å². The summed E-state index contributed by atoms with van der Waals surface area (Å²) in [7, 11) is 6.05. The summed E-state index contributed by atoms with van der Waals surface area (Å²) >= 11 is 0. The van der Waals surface area contributed by atoms with Gasteiger partial charge in [-0.05, 0) is 49.7 Å². The van der Waals surface area contributed by atoms with Gasteiger partial charge in [0.25, 0.3) is 0 Å². The summed E-state index contributed by atoms with van der Waals surface area (Å²) < 4.78 is 2.23. The van der Waals surface area contributed by atoms with Crippen LogP contribution >= 0.6 is 0 Å². The molecule has 2 aromatic heterocycles. The second-order valence-corrected chi connectivity index (χ2v) is 9.58. The Labute approximate surface area is 201 Å². The van der Waals surface area contributed by atoms with Gasteiger partial charge in [0.1, 0.15) is 17.5 Å². The number of nitrogens with one attached hydrogen (secondary N) is 1. The largest absolute Gasteiger partial charge is 0.378 e. The highest BCUT2D eigenvalue weighted by atomic mass is 15.3. The Morgan fingerprint density at radius 3 is 2.35 bits per heavy atom. The number of aromatic nitrogens is 2. The average Bonchev–Trinajstić information content (AvgIpc) is 3.21. The Bertz CT molecular complexity index is 1220. The first-order chi connectivity index (χ1) is 16.5. The molecule has 0 unspecified atom stereocenters. The third-order valence-electron chi connectivity index (χ3n) is 7.41. The van der Waals surface area contributed by atoms with E-state index in [2.05, 4.69) is 68.7 Å². The van der Waals surface area contributed by atoms with Gasteiger partial charge < -0.3 is 24.6 Å². The molecule has 0 spiro atoms. The molecule has 7 heteroatoms. The van der Waals surface area contributed by atoms with E-state index in [4.69, 9.17) is 4.98 Å². The van der Waals surface area contributed by atoms with E-state index >= 15 is 0 Å². The van der Waals surface area contributed by atoms with E-state index in [-0.39, 0.29) is 0 Å². The summed E-state index contributed by atoms with van der Waals surface area (Å²) in [6, 6.07) is 16.2. The van der Waals surface area contributed by atoms with E-state index in [1.165, 1.54) is 5.69 Å². The quantitative estimate of drug-likeness (QED) is 0.612. The van der Waals surface area contributed by atoms with Crippen molar-refractivity contribution in [2.24, 2.45) is 0 Å². The second kappa shape index (κ2) is 9.03. The van der Waals surface area contributed by atoms with Crippen molar-refractivity contribution >= 4 is 28.2 Å². The van der Waals surface area contributed by atoms with Crippen molar-refractivity contribution in [2.45, 2.75) is 24.9 Å². The van der Waals surface area contributed by atoms with Gasteiger partial charge in [0.15, 0.2) is 0 Å². The number of anilines is 2. The van der Waals surface area contributed by atoms with Crippen LogP contribution in [-0.2, 0) is 0 Å². The van der Waals surface area contributed by atoms with Crippen molar-refractivity contribution in [3.63, 3.8) is 0 Å². The molecule has 7 nitrogen and oxygen atoms in total. The van der Waals surface area contributed by atoms with Gasteiger partial charge in [0.2, 0.25) is 0 Å². The van der Waals surface area contributed by atoms with Crippen LogP contribution in [0.5, 0.6) is 0 Å². The minimum atomic E-state index is 0.410. The highest BCUT2D eigenvalue weighted by Crippen LogP contribution is 2.36. The molecular weight excluding hydrogens is 422 g/mol. The zero-order valence-corrected chi connectivity index (χ0v) is 20.3. The van der Waals surface area contributed by atoms with Crippen LogP contribution in [0.25, 0.3) is 16.7 Å². The number of fused-ring (bicyclic) bond motifs is 1. The molecule has 2 fully saturated rings. The van der Waals surface area contributed by atoms with Crippen LogP contribution in [0, 0.1) is 11.3 Å². The van der Waals surface area contributed by atoms with Crippen molar-refractivity contribution in [1.29, 1.82) is 5.26 Å². The Morgan fingerprint density at radius 2 is 1.74 bits per heavy atom. The van der Waals surface area contributed by atoms with Crippen LogP contribution in [0.4, 0.5) is 11.5 Å². The number of nitrogens with zero attached hydrogens (tertiary/aromatic N) is 6. The number of rotatable bonds is 6. The summed E-state index contributed by atoms with van der Waals surface area (Å²) in [4.78, 5) is 11.9. The Balaban J connectivity index is 1.30. The van der Waals surface area contributed by atoms with Crippen molar-refractivity contribution in [3.05, 3.63) is 60.3 Å². The third-order valence-corrected chi connectivity index (χ3v) is 7.41. The van der Waals surface area contributed by atoms with Gasteiger partial charge in [-0.25, -0.2) is 4.98 Å². The standard InChI is InChI=1S/C27H33N7/c1-19(31(3)4)20-5-7-23(8-6-20)32-11-13-33(14-12-32)26-10-9-25-21(17-28)18-34(27(25)30-26)24-15-22(16-24)29-2/h5-10,18,22,24,29H,1,11-16H2,2-4H3. The lowest BCUT2D eigenvalue weighted by molar-refractivity contribution is 0.240. The molecule has 34 heavy (non-hydrogen) atoms. The van der Waals surface area contributed by atoms with E-state index < -0.39 is 0 Å². The molecule has 0 amide bonds. The zero-order valence-electron chi connectivity index (χ0n) is 20.3.